The fourth-order valence-electron chi connectivity index (χ4n) is 3.01. The quantitative estimate of drug-likeness (QED) is 0.742. The number of halogens is 2. The van der Waals surface area contributed by atoms with Crippen molar-refractivity contribution in [3.05, 3.63) is 63.7 Å². The van der Waals surface area contributed by atoms with Crippen LogP contribution in [0.1, 0.15) is 22.3 Å². The van der Waals surface area contributed by atoms with Gasteiger partial charge in [0, 0.05) is 17.8 Å². The Morgan fingerprint density at radius 1 is 1.08 bits per heavy atom. The Labute approximate surface area is 159 Å². The highest BCUT2D eigenvalue weighted by Gasteiger charge is 2.15. The molecule has 1 aliphatic rings. The molecule has 0 fully saturated rings. The van der Waals surface area contributed by atoms with Crippen LogP contribution in [0.5, 0.6) is 0 Å². The summed E-state index contributed by atoms with van der Waals surface area (Å²) in [5.41, 5.74) is 5.44. The maximum atomic E-state index is 6.52. The van der Waals surface area contributed by atoms with Gasteiger partial charge in [-0.2, -0.15) is 0 Å². The van der Waals surface area contributed by atoms with Gasteiger partial charge in [-0.3, -0.25) is 0 Å². The van der Waals surface area contributed by atoms with Gasteiger partial charge < -0.3 is 10.1 Å². The first-order valence-corrected chi connectivity index (χ1v) is 9.35. The summed E-state index contributed by atoms with van der Waals surface area (Å²) >= 11 is 8.36. The van der Waals surface area contributed by atoms with Crippen molar-refractivity contribution in [1.29, 1.82) is 0 Å². The Hall–Kier alpha value is -0.710. The SMILES string of the molecule is COCc1ccccc1CSc1c(Cl)ccc2c1CCNCC2.Cl. The Morgan fingerprint density at radius 2 is 1.83 bits per heavy atom. The predicted molar refractivity (Wildman–Crippen MR) is 106 cm³/mol. The average molecular weight is 384 g/mol. The van der Waals surface area contributed by atoms with Crippen molar-refractivity contribution < 1.29 is 4.74 Å². The highest BCUT2D eigenvalue weighted by atomic mass is 35.5. The van der Waals surface area contributed by atoms with Crippen LogP contribution in [0.2, 0.25) is 5.02 Å². The van der Waals surface area contributed by atoms with E-state index in [0.717, 1.165) is 36.7 Å². The molecule has 0 atom stereocenters. The number of rotatable bonds is 5. The van der Waals surface area contributed by atoms with Gasteiger partial charge >= 0.3 is 0 Å². The summed E-state index contributed by atoms with van der Waals surface area (Å²) in [6.07, 6.45) is 2.14. The number of ether oxygens (including phenoxy) is 1. The van der Waals surface area contributed by atoms with Crippen LogP contribution in [0.15, 0.2) is 41.3 Å². The summed E-state index contributed by atoms with van der Waals surface area (Å²) in [6, 6.07) is 12.7. The molecule has 0 unspecified atom stereocenters. The number of hydrogen-bond acceptors (Lipinski definition) is 3. The third-order valence-corrected chi connectivity index (χ3v) is 5.86. The van der Waals surface area contributed by atoms with Crippen LogP contribution in [-0.4, -0.2) is 20.2 Å². The van der Waals surface area contributed by atoms with E-state index in [1.165, 1.54) is 27.1 Å². The monoisotopic (exact) mass is 383 g/mol. The normalized spacial score (nSPS) is 13.8. The standard InChI is InChI=1S/C19H22ClNOS.ClH/c1-22-12-15-4-2-3-5-16(15)13-23-19-17-9-11-21-10-8-14(17)6-7-18(19)20;/h2-7,21H,8-13H2,1H3;1H. The van der Waals surface area contributed by atoms with Crippen molar-refractivity contribution in [3.8, 4) is 0 Å². The molecule has 0 radical (unpaired) electrons. The van der Waals surface area contributed by atoms with Crippen molar-refractivity contribution in [2.75, 3.05) is 20.2 Å². The van der Waals surface area contributed by atoms with E-state index >= 15 is 0 Å². The van der Waals surface area contributed by atoms with Crippen molar-refractivity contribution in [2.24, 2.45) is 0 Å². The van der Waals surface area contributed by atoms with Crippen LogP contribution in [0.4, 0.5) is 0 Å². The predicted octanol–water partition coefficient (Wildman–Crippen LogP) is 4.89. The molecule has 5 heteroatoms. The average Bonchev–Trinajstić information content (AvgIpc) is 2.81. The first kappa shape index (κ1) is 19.6. The van der Waals surface area contributed by atoms with E-state index in [0.29, 0.717) is 6.61 Å². The second kappa shape index (κ2) is 9.69. The minimum absolute atomic E-state index is 0. The zero-order valence-corrected chi connectivity index (χ0v) is 16.2. The minimum atomic E-state index is 0. The lowest BCUT2D eigenvalue weighted by Gasteiger charge is -2.15. The molecule has 2 aromatic rings. The zero-order valence-electron chi connectivity index (χ0n) is 13.8. The molecule has 0 saturated carbocycles. The Balaban J connectivity index is 0.00000208. The highest BCUT2D eigenvalue weighted by molar-refractivity contribution is 7.98. The van der Waals surface area contributed by atoms with Crippen LogP contribution in [0.3, 0.4) is 0 Å². The van der Waals surface area contributed by atoms with E-state index in [4.69, 9.17) is 16.3 Å². The van der Waals surface area contributed by atoms with Gasteiger partial charge in [0.2, 0.25) is 0 Å². The third-order valence-electron chi connectivity index (χ3n) is 4.22. The smallest absolute Gasteiger partial charge is 0.0716 e. The lowest BCUT2D eigenvalue weighted by Crippen LogP contribution is -2.16. The topological polar surface area (TPSA) is 21.3 Å². The Kier molecular flexibility index (Phi) is 7.92. The van der Waals surface area contributed by atoms with Crippen molar-refractivity contribution in [1.82, 2.24) is 5.32 Å². The van der Waals surface area contributed by atoms with E-state index in [1.807, 2.05) is 11.8 Å². The number of nitrogens with one attached hydrogen (secondary N) is 1. The first-order chi connectivity index (χ1) is 11.3. The molecule has 0 spiro atoms. The molecule has 0 bridgehead atoms. The molecule has 2 nitrogen and oxygen atoms in total. The van der Waals surface area contributed by atoms with Gasteiger partial charge in [-0.25, -0.2) is 0 Å². The molecule has 0 aromatic heterocycles. The Bertz CT molecular complexity index is 678. The Morgan fingerprint density at radius 3 is 2.62 bits per heavy atom. The third kappa shape index (κ3) is 4.68. The molecule has 0 aliphatic carbocycles. The van der Waals surface area contributed by atoms with Crippen LogP contribution in [0.25, 0.3) is 0 Å². The van der Waals surface area contributed by atoms with Crippen LogP contribution in [0, 0.1) is 0 Å². The lowest BCUT2D eigenvalue weighted by atomic mass is 10.0. The van der Waals surface area contributed by atoms with Gasteiger partial charge in [0.1, 0.15) is 0 Å². The molecular formula is C19H23Cl2NOS. The second-order valence-electron chi connectivity index (χ2n) is 5.75. The van der Waals surface area contributed by atoms with Crippen molar-refractivity contribution in [3.63, 3.8) is 0 Å². The van der Waals surface area contributed by atoms with Gasteiger partial charge in [-0.15, -0.1) is 24.2 Å². The highest BCUT2D eigenvalue weighted by Crippen LogP contribution is 2.36. The van der Waals surface area contributed by atoms with Gasteiger partial charge in [-0.05, 0) is 54.3 Å². The second-order valence-corrected chi connectivity index (χ2v) is 7.15. The van der Waals surface area contributed by atoms with Crippen molar-refractivity contribution >= 4 is 35.8 Å². The number of fused-ring (bicyclic) bond motifs is 1. The van der Waals surface area contributed by atoms with E-state index in [2.05, 4.69) is 41.7 Å². The number of thioether (sulfide) groups is 1. The van der Waals surface area contributed by atoms with Crippen LogP contribution < -0.4 is 5.32 Å². The van der Waals surface area contributed by atoms with Gasteiger partial charge in [0.15, 0.2) is 0 Å². The van der Waals surface area contributed by atoms with Gasteiger partial charge in [0.05, 0.1) is 11.6 Å². The van der Waals surface area contributed by atoms with Gasteiger partial charge in [-0.1, -0.05) is 41.9 Å². The summed E-state index contributed by atoms with van der Waals surface area (Å²) < 4.78 is 5.31. The zero-order chi connectivity index (χ0) is 16.1. The molecule has 1 aliphatic heterocycles. The first-order valence-electron chi connectivity index (χ1n) is 7.99. The molecule has 0 amide bonds. The molecule has 2 aromatic carbocycles. The summed E-state index contributed by atoms with van der Waals surface area (Å²) in [6.45, 7) is 2.73. The van der Waals surface area contributed by atoms with E-state index in [-0.39, 0.29) is 12.4 Å². The molecule has 1 heterocycles. The fourth-order valence-corrected chi connectivity index (χ4v) is 4.55. The number of methoxy groups -OCH3 is 1. The molecule has 0 saturated heterocycles. The molecule has 130 valence electrons. The molecule has 24 heavy (non-hydrogen) atoms. The number of benzene rings is 2. The van der Waals surface area contributed by atoms with Crippen molar-refractivity contribution in [2.45, 2.75) is 30.1 Å². The van der Waals surface area contributed by atoms with Crippen LogP contribution >= 0.6 is 35.8 Å². The van der Waals surface area contributed by atoms with Crippen LogP contribution in [-0.2, 0) is 29.9 Å². The minimum Gasteiger partial charge on any atom is -0.380 e. The van der Waals surface area contributed by atoms with Gasteiger partial charge in [0.25, 0.3) is 0 Å². The summed E-state index contributed by atoms with van der Waals surface area (Å²) in [5.74, 6) is 0.920. The molecular weight excluding hydrogens is 361 g/mol. The fraction of sp³-hybridized carbons (Fsp3) is 0.368. The van der Waals surface area contributed by atoms with E-state index < -0.39 is 0 Å². The maximum Gasteiger partial charge on any atom is 0.0716 e. The largest absolute Gasteiger partial charge is 0.380 e. The summed E-state index contributed by atoms with van der Waals surface area (Å²) in [5, 5.41) is 4.35. The molecule has 3 rings (SSSR count). The maximum absolute atomic E-state index is 6.52. The molecule has 1 N–H and O–H groups in total. The number of hydrogen-bond donors (Lipinski definition) is 1. The summed E-state index contributed by atoms with van der Waals surface area (Å²) in [7, 11) is 1.74. The summed E-state index contributed by atoms with van der Waals surface area (Å²) in [4.78, 5) is 1.25. The van der Waals surface area contributed by atoms with E-state index in [9.17, 15) is 0 Å². The van der Waals surface area contributed by atoms with E-state index in [1.54, 1.807) is 7.11 Å². The lowest BCUT2D eigenvalue weighted by molar-refractivity contribution is 0.184.